The van der Waals surface area contributed by atoms with Crippen molar-refractivity contribution < 1.29 is 4.79 Å². The van der Waals surface area contributed by atoms with Gasteiger partial charge in [-0.25, -0.2) is 0 Å². The molecule has 2 atom stereocenters. The van der Waals surface area contributed by atoms with Crippen LogP contribution >= 0.6 is 0 Å². The molecule has 0 N–H and O–H groups in total. The quantitative estimate of drug-likeness (QED) is 0.608. The number of hydrogen-bond acceptors (Lipinski definition) is 3. The predicted molar refractivity (Wildman–Crippen MR) is 46.8 cm³/mol. The molecule has 12 heavy (non-hydrogen) atoms. The van der Waals surface area contributed by atoms with Crippen molar-refractivity contribution in [3.05, 3.63) is 4.91 Å². The van der Waals surface area contributed by atoms with E-state index in [2.05, 4.69) is 5.18 Å². The van der Waals surface area contributed by atoms with Crippen molar-refractivity contribution in [3.8, 4) is 0 Å². The first-order valence-corrected chi connectivity index (χ1v) is 4.57. The van der Waals surface area contributed by atoms with Crippen LogP contribution in [0.3, 0.4) is 0 Å². The summed E-state index contributed by atoms with van der Waals surface area (Å²) in [5.74, 6) is 0.587. The number of carbonyl (C=O) groups excluding carboxylic acids is 1. The largest absolute Gasteiger partial charge is 0.299 e. The molecule has 3 heteroatoms. The minimum atomic E-state index is 0.108. The highest BCUT2D eigenvalue weighted by Gasteiger charge is 2.27. The van der Waals surface area contributed by atoms with E-state index in [0.29, 0.717) is 12.2 Å². The molecule has 1 rings (SSSR count). The minimum Gasteiger partial charge on any atom is -0.299 e. The van der Waals surface area contributed by atoms with E-state index in [4.69, 9.17) is 0 Å². The van der Waals surface area contributed by atoms with Crippen LogP contribution in [0.4, 0.5) is 0 Å². The lowest BCUT2D eigenvalue weighted by molar-refractivity contribution is -0.126. The van der Waals surface area contributed by atoms with Crippen LogP contribution in [0.1, 0.15) is 32.6 Å². The summed E-state index contributed by atoms with van der Waals surface area (Å²) in [6, 6.07) is 0. The van der Waals surface area contributed by atoms with E-state index in [1.165, 1.54) is 0 Å². The lowest BCUT2D eigenvalue weighted by atomic mass is 9.80. The van der Waals surface area contributed by atoms with E-state index in [0.717, 1.165) is 19.3 Å². The van der Waals surface area contributed by atoms with Crippen molar-refractivity contribution in [3.63, 3.8) is 0 Å². The number of hydrogen-bond donors (Lipinski definition) is 0. The molecule has 0 bridgehead atoms. The monoisotopic (exact) mass is 169 g/mol. The molecular weight excluding hydrogens is 154 g/mol. The Hall–Kier alpha value is -0.730. The third-order valence-electron chi connectivity index (χ3n) is 2.65. The number of Topliss-reactive ketones (excluding diaryl/α,β-unsaturated/α-hetero) is 1. The lowest BCUT2D eigenvalue weighted by Gasteiger charge is -2.24. The summed E-state index contributed by atoms with van der Waals surface area (Å²) < 4.78 is 0. The SMILES string of the molecule is C[C@H](CN=O)[C@@H]1CCCCC1=O. The van der Waals surface area contributed by atoms with E-state index < -0.39 is 0 Å². The Labute approximate surface area is 72.5 Å². The number of nitrogens with zero attached hydrogens (tertiary/aromatic N) is 1. The first-order valence-electron chi connectivity index (χ1n) is 4.57. The van der Waals surface area contributed by atoms with Gasteiger partial charge in [0.05, 0.1) is 6.54 Å². The van der Waals surface area contributed by atoms with Crippen molar-refractivity contribution in [1.82, 2.24) is 0 Å². The average molecular weight is 169 g/mol. The Morgan fingerprint density at radius 2 is 2.33 bits per heavy atom. The van der Waals surface area contributed by atoms with Gasteiger partial charge >= 0.3 is 0 Å². The number of carbonyl (C=O) groups is 1. The molecular formula is C9H15NO2. The predicted octanol–water partition coefficient (Wildman–Crippen LogP) is 2.15. The zero-order valence-electron chi connectivity index (χ0n) is 7.45. The zero-order valence-corrected chi connectivity index (χ0v) is 7.45. The van der Waals surface area contributed by atoms with E-state index in [1.54, 1.807) is 0 Å². The molecule has 1 aliphatic carbocycles. The van der Waals surface area contributed by atoms with Crippen molar-refractivity contribution in [2.45, 2.75) is 32.6 Å². The van der Waals surface area contributed by atoms with Crippen LogP contribution in [0.5, 0.6) is 0 Å². The smallest absolute Gasteiger partial charge is 0.136 e. The Morgan fingerprint density at radius 1 is 1.58 bits per heavy atom. The van der Waals surface area contributed by atoms with Crippen molar-refractivity contribution in [2.24, 2.45) is 17.0 Å². The van der Waals surface area contributed by atoms with Gasteiger partial charge < -0.3 is 0 Å². The van der Waals surface area contributed by atoms with Crippen LogP contribution < -0.4 is 0 Å². The minimum absolute atomic E-state index is 0.108. The molecule has 0 aromatic rings. The topological polar surface area (TPSA) is 46.5 Å². The molecule has 0 saturated heterocycles. The van der Waals surface area contributed by atoms with Gasteiger partial charge in [0.15, 0.2) is 0 Å². The van der Waals surface area contributed by atoms with Crippen LogP contribution in [-0.2, 0) is 4.79 Å². The van der Waals surface area contributed by atoms with E-state index in [-0.39, 0.29) is 18.4 Å². The summed E-state index contributed by atoms with van der Waals surface area (Å²) in [4.78, 5) is 21.4. The zero-order chi connectivity index (χ0) is 8.97. The Bertz CT molecular complexity index is 179. The molecule has 0 aliphatic heterocycles. The van der Waals surface area contributed by atoms with Gasteiger partial charge in [0.1, 0.15) is 5.78 Å². The first-order chi connectivity index (χ1) is 5.75. The Morgan fingerprint density at radius 3 is 2.92 bits per heavy atom. The van der Waals surface area contributed by atoms with Crippen LogP contribution in [0.2, 0.25) is 0 Å². The third-order valence-corrected chi connectivity index (χ3v) is 2.65. The summed E-state index contributed by atoms with van der Waals surface area (Å²) >= 11 is 0. The third kappa shape index (κ3) is 2.13. The second-order valence-electron chi connectivity index (χ2n) is 3.61. The molecule has 1 aliphatic rings. The normalized spacial score (nSPS) is 26.8. The molecule has 1 saturated carbocycles. The molecule has 1 fully saturated rings. The van der Waals surface area contributed by atoms with Gasteiger partial charge in [-0.2, -0.15) is 4.91 Å². The second kappa shape index (κ2) is 4.33. The highest BCUT2D eigenvalue weighted by atomic mass is 16.3. The molecule has 0 aromatic carbocycles. The molecule has 3 nitrogen and oxygen atoms in total. The number of nitroso groups, excluding NO2 is 1. The Kier molecular flexibility index (Phi) is 3.38. The van der Waals surface area contributed by atoms with E-state index >= 15 is 0 Å². The second-order valence-corrected chi connectivity index (χ2v) is 3.61. The molecule has 0 heterocycles. The van der Waals surface area contributed by atoms with Gasteiger partial charge in [-0.15, -0.1) is 0 Å². The maximum absolute atomic E-state index is 11.4. The fraction of sp³-hybridized carbons (Fsp3) is 0.889. The first kappa shape index (κ1) is 9.36. The van der Waals surface area contributed by atoms with Crippen molar-refractivity contribution in [2.75, 3.05) is 6.54 Å². The summed E-state index contributed by atoms with van der Waals surface area (Å²) in [7, 11) is 0. The molecule has 68 valence electrons. The van der Waals surface area contributed by atoms with Gasteiger partial charge in [-0.3, -0.25) is 4.79 Å². The van der Waals surface area contributed by atoms with Gasteiger partial charge in [0, 0.05) is 12.3 Å². The molecule has 0 aromatic heterocycles. The van der Waals surface area contributed by atoms with E-state index in [1.807, 2.05) is 6.92 Å². The van der Waals surface area contributed by atoms with Gasteiger partial charge in [0.25, 0.3) is 0 Å². The average Bonchev–Trinajstić information content (AvgIpc) is 2.05. The number of rotatable bonds is 3. The molecule has 0 amide bonds. The molecule has 0 radical (unpaired) electrons. The highest BCUT2D eigenvalue weighted by molar-refractivity contribution is 5.81. The summed E-state index contributed by atoms with van der Waals surface area (Å²) in [6.45, 7) is 2.23. The van der Waals surface area contributed by atoms with Crippen molar-refractivity contribution in [1.29, 1.82) is 0 Å². The maximum Gasteiger partial charge on any atom is 0.136 e. The standard InChI is InChI=1S/C9H15NO2/c1-7(6-10-12)8-4-2-3-5-9(8)11/h7-8H,2-6H2,1H3/t7-,8+/m1/s1. The van der Waals surface area contributed by atoms with Crippen LogP contribution in [0.15, 0.2) is 5.18 Å². The fourth-order valence-electron chi connectivity index (χ4n) is 1.86. The van der Waals surface area contributed by atoms with Crippen LogP contribution in [0, 0.1) is 16.7 Å². The van der Waals surface area contributed by atoms with Gasteiger partial charge in [-0.05, 0) is 18.8 Å². The van der Waals surface area contributed by atoms with Gasteiger partial charge in [0.2, 0.25) is 0 Å². The molecule has 0 spiro atoms. The summed E-state index contributed by atoms with van der Waals surface area (Å²) in [5.41, 5.74) is 0. The fourth-order valence-corrected chi connectivity index (χ4v) is 1.86. The highest BCUT2D eigenvalue weighted by Crippen LogP contribution is 2.27. The molecule has 0 unspecified atom stereocenters. The maximum atomic E-state index is 11.4. The lowest BCUT2D eigenvalue weighted by Crippen LogP contribution is -2.26. The van der Waals surface area contributed by atoms with Crippen LogP contribution in [0.25, 0.3) is 0 Å². The number of ketones is 1. The Balaban J connectivity index is 2.47. The summed E-state index contributed by atoms with van der Waals surface area (Å²) in [5, 5.41) is 2.84. The van der Waals surface area contributed by atoms with Crippen molar-refractivity contribution >= 4 is 5.78 Å². The van der Waals surface area contributed by atoms with Gasteiger partial charge in [-0.1, -0.05) is 18.5 Å². The van der Waals surface area contributed by atoms with E-state index in [9.17, 15) is 9.70 Å². The van der Waals surface area contributed by atoms with Crippen LogP contribution in [-0.4, -0.2) is 12.3 Å². The summed E-state index contributed by atoms with van der Waals surface area (Å²) in [6.07, 6.45) is 3.81.